The van der Waals surface area contributed by atoms with E-state index in [1.54, 1.807) is 12.1 Å². The SMILES string of the molecule is O=C(Nc1ccc(-c2csc(Nc3ccc(F)cc3)n2)cc1)C1CC1c1ccccc1. The number of benzene rings is 3. The van der Waals surface area contributed by atoms with Gasteiger partial charge in [-0.25, -0.2) is 9.37 Å². The molecule has 1 aliphatic rings. The minimum Gasteiger partial charge on any atom is -0.332 e. The standard InChI is InChI=1S/C25H20FN3OS/c26-18-8-12-20(13-9-18)28-25-29-23(15-31-25)17-6-10-19(11-7-17)27-24(30)22-14-21(22)16-4-2-1-3-5-16/h1-13,15,21-22H,14H2,(H,27,30)(H,28,29). The maximum atomic E-state index is 13.0. The molecule has 1 heterocycles. The summed E-state index contributed by atoms with van der Waals surface area (Å²) in [5.41, 5.74) is 4.61. The van der Waals surface area contributed by atoms with Gasteiger partial charge in [-0.05, 0) is 54.3 Å². The molecule has 1 aromatic heterocycles. The molecule has 154 valence electrons. The van der Waals surface area contributed by atoms with Crippen molar-refractivity contribution in [3.8, 4) is 11.3 Å². The number of nitrogens with zero attached hydrogens (tertiary/aromatic N) is 1. The Kier molecular flexibility index (Phi) is 5.22. The average Bonchev–Trinajstić information content (AvgIpc) is 3.48. The van der Waals surface area contributed by atoms with E-state index in [0.29, 0.717) is 5.92 Å². The fraction of sp³-hybridized carbons (Fsp3) is 0.120. The van der Waals surface area contributed by atoms with Gasteiger partial charge in [0.2, 0.25) is 5.91 Å². The summed E-state index contributed by atoms with van der Waals surface area (Å²) in [5, 5.41) is 8.91. The van der Waals surface area contributed by atoms with E-state index in [0.717, 1.165) is 34.2 Å². The lowest BCUT2D eigenvalue weighted by Crippen LogP contribution is -2.14. The summed E-state index contributed by atoms with van der Waals surface area (Å²) in [7, 11) is 0. The normalized spacial score (nSPS) is 17.2. The van der Waals surface area contributed by atoms with Crippen LogP contribution in [0.4, 0.5) is 20.9 Å². The molecule has 1 fully saturated rings. The van der Waals surface area contributed by atoms with Crippen molar-refractivity contribution in [3.05, 3.63) is 95.6 Å². The topological polar surface area (TPSA) is 54.0 Å². The summed E-state index contributed by atoms with van der Waals surface area (Å²) in [6.07, 6.45) is 0.899. The summed E-state index contributed by atoms with van der Waals surface area (Å²) in [5.74, 6) is 0.166. The van der Waals surface area contributed by atoms with Gasteiger partial charge in [-0.15, -0.1) is 11.3 Å². The van der Waals surface area contributed by atoms with Gasteiger partial charge < -0.3 is 10.6 Å². The van der Waals surface area contributed by atoms with E-state index < -0.39 is 0 Å². The van der Waals surface area contributed by atoms with Crippen LogP contribution in [0.25, 0.3) is 11.3 Å². The van der Waals surface area contributed by atoms with Crippen molar-refractivity contribution in [3.63, 3.8) is 0 Å². The van der Waals surface area contributed by atoms with Crippen molar-refractivity contribution in [1.82, 2.24) is 4.98 Å². The van der Waals surface area contributed by atoms with Crippen LogP contribution in [0.3, 0.4) is 0 Å². The van der Waals surface area contributed by atoms with Crippen LogP contribution < -0.4 is 10.6 Å². The van der Waals surface area contributed by atoms with Crippen molar-refractivity contribution in [1.29, 1.82) is 0 Å². The molecule has 1 amide bonds. The predicted octanol–water partition coefficient (Wildman–Crippen LogP) is 6.44. The van der Waals surface area contributed by atoms with Crippen molar-refractivity contribution in [2.75, 3.05) is 10.6 Å². The third kappa shape index (κ3) is 4.49. The summed E-state index contributed by atoms with van der Waals surface area (Å²) < 4.78 is 13.0. The zero-order valence-corrected chi connectivity index (χ0v) is 17.4. The van der Waals surface area contributed by atoms with E-state index in [2.05, 4.69) is 27.8 Å². The van der Waals surface area contributed by atoms with Crippen LogP contribution >= 0.6 is 11.3 Å². The second-order valence-corrected chi connectivity index (χ2v) is 8.45. The molecule has 0 radical (unpaired) electrons. The first-order chi connectivity index (χ1) is 15.2. The highest BCUT2D eigenvalue weighted by molar-refractivity contribution is 7.14. The van der Waals surface area contributed by atoms with Crippen molar-refractivity contribution in [2.45, 2.75) is 12.3 Å². The van der Waals surface area contributed by atoms with E-state index in [4.69, 9.17) is 0 Å². The molecule has 3 aromatic carbocycles. The van der Waals surface area contributed by atoms with Gasteiger partial charge in [0.25, 0.3) is 0 Å². The zero-order chi connectivity index (χ0) is 21.2. The Bertz CT molecular complexity index is 1190. The molecule has 2 unspecified atom stereocenters. The Labute approximate surface area is 183 Å². The number of hydrogen-bond donors (Lipinski definition) is 2. The highest BCUT2D eigenvalue weighted by Gasteiger charge is 2.43. The van der Waals surface area contributed by atoms with Gasteiger partial charge in [-0.3, -0.25) is 4.79 Å². The lowest BCUT2D eigenvalue weighted by atomic mass is 10.1. The van der Waals surface area contributed by atoms with Crippen LogP contribution in [0.2, 0.25) is 0 Å². The van der Waals surface area contributed by atoms with Crippen molar-refractivity contribution in [2.24, 2.45) is 5.92 Å². The Hall–Kier alpha value is -3.51. The fourth-order valence-corrected chi connectivity index (χ4v) is 4.37. The highest BCUT2D eigenvalue weighted by atomic mass is 32.1. The minimum absolute atomic E-state index is 0.0423. The number of aromatic nitrogens is 1. The molecule has 5 rings (SSSR count). The molecule has 2 N–H and O–H groups in total. The van der Waals surface area contributed by atoms with Gasteiger partial charge in [0.05, 0.1) is 5.69 Å². The Morgan fingerprint density at radius 1 is 0.935 bits per heavy atom. The third-order valence-electron chi connectivity index (χ3n) is 5.40. The number of amides is 1. The molecular weight excluding hydrogens is 409 g/mol. The zero-order valence-electron chi connectivity index (χ0n) is 16.6. The average molecular weight is 430 g/mol. The third-order valence-corrected chi connectivity index (χ3v) is 6.16. The number of thiazole rings is 1. The van der Waals surface area contributed by atoms with Crippen LogP contribution in [-0.4, -0.2) is 10.9 Å². The Morgan fingerprint density at radius 2 is 1.65 bits per heavy atom. The smallest absolute Gasteiger partial charge is 0.228 e. The van der Waals surface area contributed by atoms with Crippen molar-refractivity contribution >= 4 is 33.8 Å². The molecular formula is C25H20FN3OS. The second kappa shape index (κ2) is 8.32. The van der Waals surface area contributed by atoms with Gasteiger partial charge in [-0.1, -0.05) is 42.5 Å². The van der Waals surface area contributed by atoms with Gasteiger partial charge in [0.1, 0.15) is 5.82 Å². The van der Waals surface area contributed by atoms with Gasteiger partial charge in [-0.2, -0.15) is 0 Å². The number of anilines is 3. The molecule has 1 saturated carbocycles. The number of carbonyl (C=O) groups excluding carboxylic acids is 1. The Morgan fingerprint density at radius 3 is 2.39 bits per heavy atom. The summed E-state index contributed by atoms with van der Waals surface area (Å²) in [4.78, 5) is 17.2. The molecule has 6 heteroatoms. The molecule has 0 spiro atoms. The fourth-order valence-electron chi connectivity index (χ4n) is 3.63. The van der Waals surface area contributed by atoms with E-state index in [9.17, 15) is 9.18 Å². The van der Waals surface area contributed by atoms with Crippen LogP contribution in [-0.2, 0) is 4.79 Å². The minimum atomic E-state index is -0.269. The lowest BCUT2D eigenvalue weighted by Gasteiger charge is -2.06. The van der Waals surface area contributed by atoms with Crippen molar-refractivity contribution < 1.29 is 9.18 Å². The van der Waals surface area contributed by atoms with Gasteiger partial charge in [0.15, 0.2) is 5.13 Å². The number of halogens is 1. The Balaban J connectivity index is 1.20. The maximum absolute atomic E-state index is 13.0. The van der Waals surface area contributed by atoms with Crippen LogP contribution in [0.5, 0.6) is 0 Å². The summed E-state index contributed by atoms with van der Waals surface area (Å²) in [6.45, 7) is 0. The first-order valence-electron chi connectivity index (χ1n) is 10.1. The van der Waals surface area contributed by atoms with E-state index in [1.165, 1.54) is 29.0 Å². The largest absolute Gasteiger partial charge is 0.332 e. The summed E-state index contributed by atoms with van der Waals surface area (Å²) in [6, 6.07) is 24.1. The highest BCUT2D eigenvalue weighted by Crippen LogP contribution is 2.47. The summed E-state index contributed by atoms with van der Waals surface area (Å²) >= 11 is 1.48. The molecule has 0 saturated heterocycles. The number of nitrogens with one attached hydrogen (secondary N) is 2. The quantitative estimate of drug-likeness (QED) is 0.371. The van der Waals surface area contributed by atoms with Crippen LogP contribution in [0.1, 0.15) is 17.9 Å². The van der Waals surface area contributed by atoms with Crippen LogP contribution in [0.15, 0.2) is 84.2 Å². The molecule has 0 bridgehead atoms. The molecule has 4 aromatic rings. The lowest BCUT2D eigenvalue weighted by molar-refractivity contribution is -0.117. The van der Waals surface area contributed by atoms with E-state index in [1.807, 2.05) is 47.8 Å². The first kappa shape index (κ1) is 19.5. The van der Waals surface area contributed by atoms with E-state index >= 15 is 0 Å². The maximum Gasteiger partial charge on any atom is 0.228 e. The monoisotopic (exact) mass is 429 g/mol. The van der Waals surface area contributed by atoms with Crippen LogP contribution in [0, 0.1) is 11.7 Å². The number of hydrogen-bond acceptors (Lipinski definition) is 4. The first-order valence-corrected chi connectivity index (χ1v) is 11.0. The number of rotatable bonds is 6. The van der Waals surface area contributed by atoms with Gasteiger partial charge in [0, 0.05) is 28.2 Å². The molecule has 1 aliphatic carbocycles. The predicted molar refractivity (Wildman–Crippen MR) is 123 cm³/mol. The molecule has 4 nitrogen and oxygen atoms in total. The number of carbonyl (C=O) groups is 1. The molecule has 0 aliphatic heterocycles. The second-order valence-electron chi connectivity index (χ2n) is 7.60. The van der Waals surface area contributed by atoms with E-state index in [-0.39, 0.29) is 17.6 Å². The molecule has 2 atom stereocenters. The van der Waals surface area contributed by atoms with Gasteiger partial charge >= 0.3 is 0 Å². The molecule has 31 heavy (non-hydrogen) atoms.